The van der Waals surface area contributed by atoms with Gasteiger partial charge in [0.2, 0.25) is 17.7 Å². The van der Waals surface area contributed by atoms with Gasteiger partial charge in [-0.1, -0.05) is 6.07 Å². The van der Waals surface area contributed by atoms with Crippen LogP contribution >= 0.6 is 0 Å². The number of methoxy groups -OCH3 is 1. The zero-order valence-corrected chi connectivity index (χ0v) is 15.8. The van der Waals surface area contributed by atoms with E-state index in [9.17, 15) is 14.4 Å². The molecule has 3 N–H and O–H groups in total. The summed E-state index contributed by atoms with van der Waals surface area (Å²) in [5.74, 6) is -0.446. The summed E-state index contributed by atoms with van der Waals surface area (Å²) in [4.78, 5) is 36.3. The molecule has 0 radical (unpaired) electrons. The lowest BCUT2D eigenvalue weighted by Gasteiger charge is -2.23. The summed E-state index contributed by atoms with van der Waals surface area (Å²) >= 11 is 0. The van der Waals surface area contributed by atoms with Crippen molar-refractivity contribution < 1.29 is 19.1 Å². The smallest absolute Gasteiger partial charge is 0.239 e. The molecule has 0 bridgehead atoms. The highest BCUT2D eigenvalue weighted by molar-refractivity contribution is 6.14. The van der Waals surface area contributed by atoms with E-state index in [1.807, 2.05) is 0 Å². The highest BCUT2D eigenvalue weighted by Gasteiger charge is 2.36. The molecule has 2 aromatic carbocycles. The van der Waals surface area contributed by atoms with Gasteiger partial charge < -0.3 is 20.7 Å². The molecule has 7 nitrogen and oxygen atoms in total. The highest BCUT2D eigenvalue weighted by atomic mass is 16.5. The molecule has 3 amide bonds. The number of carbonyl (C=O) groups excluding carboxylic acids is 3. The second-order valence-electron chi connectivity index (χ2n) is 6.52. The van der Waals surface area contributed by atoms with Crippen LogP contribution in [-0.2, 0) is 14.4 Å². The van der Waals surface area contributed by atoms with E-state index in [1.165, 1.54) is 6.92 Å². The van der Waals surface area contributed by atoms with E-state index in [2.05, 4.69) is 16.0 Å². The average molecular weight is 369 g/mol. The van der Waals surface area contributed by atoms with Gasteiger partial charge in [0.1, 0.15) is 11.2 Å². The highest BCUT2D eigenvalue weighted by Crippen LogP contribution is 2.24. The van der Waals surface area contributed by atoms with Gasteiger partial charge in [-0.15, -0.1) is 0 Å². The normalized spacial score (nSPS) is 10.7. The monoisotopic (exact) mass is 369 g/mol. The van der Waals surface area contributed by atoms with Crippen LogP contribution < -0.4 is 20.7 Å². The standard InChI is InChI=1S/C20H23N3O4/c1-13(24)21-15-6-5-7-16(12-15)23-19(26)20(2,3)18(25)22-14-8-10-17(27-4)11-9-14/h5-12H,1-4H3,(H,21,24)(H,22,25)(H,23,26). The van der Waals surface area contributed by atoms with Crippen molar-refractivity contribution in [3.8, 4) is 5.75 Å². The summed E-state index contributed by atoms with van der Waals surface area (Å²) in [6.07, 6.45) is 0. The predicted molar refractivity (Wildman–Crippen MR) is 105 cm³/mol. The number of benzene rings is 2. The van der Waals surface area contributed by atoms with E-state index in [4.69, 9.17) is 4.74 Å². The van der Waals surface area contributed by atoms with Crippen LogP contribution in [0, 0.1) is 5.41 Å². The lowest BCUT2D eigenvalue weighted by molar-refractivity contribution is -0.135. The summed E-state index contributed by atoms with van der Waals surface area (Å²) < 4.78 is 5.08. The van der Waals surface area contributed by atoms with Crippen molar-refractivity contribution in [2.75, 3.05) is 23.1 Å². The van der Waals surface area contributed by atoms with Crippen molar-refractivity contribution in [1.82, 2.24) is 0 Å². The lowest BCUT2D eigenvalue weighted by Crippen LogP contribution is -2.41. The molecule has 0 fully saturated rings. The Balaban J connectivity index is 2.06. The molecule has 0 aliphatic heterocycles. The van der Waals surface area contributed by atoms with Gasteiger partial charge in [0.25, 0.3) is 0 Å². The third kappa shape index (κ3) is 5.31. The molecule has 0 saturated carbocycles. The summed E-state index contributed by atoms with van der Waals surface area (Å²) in [7, 11) is 1.56. The molecule has 0 unspecified atom stereocenters. The Morgan fingerprint density at radius 3 is 1.85 bits per heavy atom. The molecule has 2 rings (SSSR count). The van der Waals surface area contributed by atoms with E-state index >= 15 is 0 Å². The zero-order valence-electron chi connectivity index (χ0n) is 15.8. The van der Waals surface area contributed by atoms with Crippen molar-refractivity contribution in [3.63, 3.8) is 0 Å². The first-order valence-electron chi connectivity index (χ1n) is 8.37. The first-order chi connectivity index (χ1) is 12.7. The summed E-state index contributed by atoms with van der Waals surface area (Å²) in [6, 6.07) is 13.5. The first-order valence-corrected chi connectivity index (χ1v) is 8.37. The Morgan fingerprint density at radius 2 is 1.33 bits per heavy atom. The van der Waals surface area contributed by atoms with Crippen molar-refractivity contribution in [2.45, 2.75) is 20.8 Å². The third-order valence-corrected chi connectivity index (χ3v) is 3.92. The van der Waals surface area contributed by atoms with Gasteiger partial charge in [-0.2, -0.15) is 0 Å². The Kier molecular flexibility index (Phi) is 6.18. The molecular weight excluding hydrogens is 346 g/mol. The van der Waals surface area contributed by atoms with Crippen molar-refractivity contribution in [1.29, 1.82) is 0 Å². The minimum atomic E-state index is -1.32. The van der Waals surface area contributed by atoms with Crippen LogP contribution in [0.25, 0.3) is 0 Å². The molecule has 0 spiro atoms. The zero-order chi connectivity index (χ0) is 20.0. The van der Waals surface area contributed by atoms with Crippen molar-refractivity contribution in [2.24, 2.45) is 5.41 Å². The van der Waals surface area contributed by atoms with Gasteiger partial charge in [-0.3, -0.25) is 14.4 Å². The van der Waals surface area contributed by atoms with Crippen LogP contribution in [0.15, 0.2) is 48.5 Å². The van der Waals surface area contributed by atoms with Crippen LogP contribution in [0.1, 0.15) is 20.8 Å². The van der Waals surface area contributed by atoms with Crippen LogP contribution in [0.3, 0.4) is 0 Å². The fourth-order valence-corrected chi connectivity index (χ4v) is 2.23. The molecule has 142 valence electrons. The molecule has 27 heavy (non-hydrogen) atoms. The van der Waals surface area contributed by atoms with Crippen LogP contribution in [-0.4, -0.2) is 24.8 Å². The number of amides is 3. The summed E-state index contributed by atoms with van der Waals surface area (Å²) in [6.45, 7) is 4.48. The largest absolute Gasteiger partial charge is 0.497 e. The minimum Gasteiger partial charge on any atom is -0.497 e. The van der Waals surface area contributed by atoms with Crippen LogP contribution in [0.4, 0.5) is 17.1 Å². The Bertz CT molecular complexity index is 845. The number of rotatable bonds is 6. The third-order valence-electron chi connectivity index (χ3n) is 3.92. The van der Waals surface area contributed by atoms with Crippen LogP contribution in [0.2, 0.25) is 0 Å². The Labute approximate surface area is 158 Å². The molecule has 0 atom stereocenters. The molecule has 7 heteroatoms. The SMILES string of the molecule is COc1ccc(NC(=O)C(C)(C)C(=O)Nc2cccc(NC(C)=O)c2)cc1. The predicted octanol–water partition coefficient (Wildman–Crippen LogP) is 3.26. The topological polar surface area (TPSA) is 96.5 Å². The van der Waals surface area contributed by atoms with E-state index in [0.717, 1.165) is 0 Å². The maximum absolute atomic E-state index is 12.6. The maximum atomic E-state index is 12.6. The fourth-order valence-electron chi connectivity index (χ4n) is 2.23. The first kappa shape index (κ1) is 20.0. The van der Waals surface area contributed by atoms with Gasteiger partial charge in [-0.05, 0) is 56.3 Å². The van der Waals surface area contributed by atoms with Gasteiger partial charge in [0.15, 0.2) is 0 Å². The minimum absolute atomic E-state index is 0.210. The average Bonchev–Trinajstić information content (AvgIpc) is 2.62. The quantitative estimate of drug-likeness (QED) is 0.681. The van der Waals surface area contributed by atoms with Gasteiger partial charge >= 0.3 is 0 Å². The number of carbonyl (C=O) groups is 3. The molecular formula is C20H23N3O4. The van der Waals surface area contributed by atoms with E-state index in [-0.39, 0.29) is 5.91 Å². The summed E-state index contributed by atoms with van der Waals surface area (Å²) in [5.41, 5.74) is 0.288. The van der Waals surface area contributed by atoms with Crippen molar-refractivity contribution in [3.05, 3.63) is 48.5 Å². The molecule has 2 aromatic rings. The molecule has 0 heterocycles. The molecule has 0 saturated heterocycles. The second kappa shape index (κ2) is 8.35. The van der Waals surface area contributed by atoms with Gasteiger partial charge in [0.05, 0.1) is 7.11 Å². The van der Waals surface area contributed by atoms with Gasteiger partial charge in [0, 0.05) is 24.0 Å². The van der Waals surface area contributed by atoms with E-state index in [0.29, 0.717) is 22.8 Å². The fraction of sp³-hybridized carbons (Fsp3) is 0.250. The summed E-state index contributed by atoms with van der Waals surface area (Å²) in [5, 5.41) is 8.08. The molecule has 0 aliphatic carbocycles. The van der Waals surface area contributed by atoms with E-state index in [1.54, 1.807) is 69.5 Å². The van der Waals surface area contributed by atoms with Crippen LogP contribution in [0.5, 0.6) is 5.75 Å². The molecule has 0 aromatic heterocycles. The number of hydrogen-bond acceptors (Lipinski definition) is 4. The van der Waals surface area contributed by atoms with Crippen molar-refractivity contribution >= 4 is 34.8 Å². The maximum Gasteiger partial charge on any atom is 0.239 e. The second-order valence-corrected chi connectivity index (χ2v) is 6.52. The molecule has 0 aliphatic rings. The number of anilines is 3. The Hall–Kier alpha value is -3.35. The number of nitrogens with one attached hydrogen (secondary N) is 3. The number of hydrogen-bond donors (Lipinski definition) is 3. The Morgan fingerprint density at radius 1 is 0.815 bits per heavy atom. The number of ether oxygens (including phenoxy) is 1. The van der Waals surface area contributed by atoms with E-state index < -0.39 is 17.2 Å². The lowest BCUT2D eigenvalue weighted by atomic mass is 9.90. The van der Waals surface area contributed by atoms with Gasteiger partial charge in [-0.25, -0.2) is 0 Å².